The molecule has 0 aromatic heterocycles. The Morgan fingerprint density at radius 3 is 2.17 bits per heavy atom. The molecule has 1 aliphatic heterocycles. The van der Waals surface area contributed by atoms with E-state index in [4.69, 9.17) is 9.47 Å². The van der Waals surface area contributed by atoms with Crippen molar-refractivity contribution >= 4 is 11.8 Å². The van der Waals surface area contributed by atoms with Gasteiger partial charge in [0.1, 0.15) is 17.3 Å². The largest absolute Gasteiger partial charge is 0.497 e. The van der Waals surface area contributed by atoms with Crippen molar-refractivity contribution in [2.24, 2.45) is 5.92 Å². The first-order valence-corrected chi connectivity index (χ1v) is 9.54. The van der Waals surface area contributed by atoms with Crippen LogP contribution in [-0.2, 0) is 11.3 Å². The average Bonchev–Trinajstić information content (AvgIpc) is 2.77. The van der Waals surface area contributed by atoms with E-state index < -0.39 is 0 Å². The summed E-state index contributed by atoms with van der Waals surface area (Å²) >= 11 is 0. The third-order valence-corrected chi connectivity index (χ3v) is 5.13. The fourth-order valence-corrected chi connectivity index (χ4v) is 3.39. The fraction of sp³-hybridized carbons (Fsp3) is 0.364. The molecule has 0 bridgehead atoms. The van der Waals surface area contributed by atoms with Crippen LogP contribution in [-0.4, -0.2) is 44.0 Å². The van der Waals surface area contributed by atoms with Gasteiger partial charge in [-0.15, -0.1) is 0 Å². The van der Waals surface area contributed by atoms with E-state index in [0.717, 1.165) is 5.56 Å². The molecular weight excluding hydrogens is 375 g/mol. The number of amides is 2. The number of benzene rings is 2. The first-order chi connectivity index (χ1) is 14.0. The summed E-state index contributed by atoms with van der Waals surface area (Å²) in [5.41, 5.74) is 1.35. The van der Waals surface area contributed by atoms with Crippen molar-refractivity contribution in [1.82, 2.24) is 10.2 Å². The van der Waals surface area contributed by atoms with Gasteiger partial charge in [-0.25, -0.2) is 4.39 Å². The zero-order chi connectivity index (χ0) is 20.8. The van der Waals surface area contributed by atoms with Crippen LogP contribution in [0.1, 0.15) is 28.8 Å². The first kappa shape index (κ1) is 20.6. The summed E-state index contributed by atoms with van der Waals surface area (Å²) in [6, 6.07) is 11.1. The number of nitrogens with one attached hydrogen (secondary N) is 1. The van der Waals surface area contributed by atoms with Gasteiger partial charge in [0.05, 0.1) is 14.2 Å². The molecule has 154 valence electrons. The molecule has 1 fully saturated rings. The lowest BCUT2D eigenvalue weighted by atomic mass is 9.95. The van der Waals surface area contributed by atoms with Crippen molar-refractivity contribution in [2.45, 2.75) is 19.4 Å². The van der Waals surface area contributed by atoms with E-state index in [1.54, 1.807) is 49.5 Å². The Balaban J connectivity index is 1.53. The Labute approximate surface area is 169 Å². The number of halogens is 1. The van der Waals surface area contributed by atoms with Crippen molar-refractivity contribution in [3.8, 4) is 11.5 Å². The second-order valence-corrected chi connectivity index (χ2v) is 7.01. The number of ether oxygens (including phenoxy) is 2. The van der Waals surface area contributed by atoms with E-state index in [-0.39, 0.29) is 23.5 Å². The molecule has 3 rings (SSSR count). The highest BCUT2D eigenvalue weighted by Gasteiger charge is 2.28. The Bertz CT molecular complexity index is 839. The SMILES string of the molecule is COc1cc(OC)cc(C(=O)N2CCC(C(=O)NCc3ccc(F)cc3)CC2)c1. The standard InChI is InChI=1S/C22H25FN2O4/c1-28-19-11-17(12-20(13-19)29-2)22(27)25-9-7-16(8-10-25)21(26)24-14-15-3-5-18(23)6-4-15/h3-6,11-13,16H,7-10,14H2,1-2H3,(H,24,26). The Morgan fingerprint density at radius 2 is 1.62 bits per heavy atom. The van der Waals surface area contributed by atoms with Crippen LogP contribution in [0.25, 0.3) is 0 Å². The topological polar surface area (TPSA) is 67.9 Å². The number of hydrogen-bond acceptors (Lipinski definition) is 4. The summed E-state index contributed by atoms with van der Waals surface area (Å²) in [6.45, 7) is 1.38. The van der Waals surface area contributed by atoms with Gasteiger partial charge < -0.3 is 19.7 Å². The maximum Gasteiger partial charge on any atom is 0.254 e. The first-order valence-electron chi connectivity index (χ1n) is 9.54. The molecule has 2 aromatic rings. The predicted octanol–water partition coefficient (Wildman–Crippen LogP) is 3.01. The van der Waals surface area contributed by atoms with Gasteiger partial charge in [0.2, 0.25) is 5.91 Å². The molecule has 7 heteroatoms. The van der Waals surface area contributed by atoms with Crippen molar-refractivity contribution in [3.05, 3.63) is 59.4 Å². The third kappa shape index (κ3) is 5.25. The van der Waals surface area contributed by atoms with Gasteiger partial charge in [-0.1, -0.05) is 12.1 Å². The van der Waals surface area contributed by atoms with E-state index in [1.807, 2.05) is 0 Å². The lowest BCUT2D eigenvalue weighted by Gasteiger charge is -2.31. The van der Waals surface area contributed by atoms with Crippen LogP contribution in [0, 0.1) is 11.7 Å². The summed E-state index contributed by atoms with van der Waals surface area (Å²) in [5, 5.41) is 2.90. The number of hydrogen-bond donors (Lipinski definition) is 1. The lowest BCUT2D eigenvalue weighted by Crippen LogP contribution is -2.42. The summed E-state index contributed by atoms with van der Waals surface area (Å²) in [6.07, 6.45) is 1.20. The molecule has 1 heterocycles. The normalized spacial score (nSPS) is 14.4. The number of rotatable bonds is 6. The molecule has 0 atom stereocenters. The number of carbonyl (C=O) groups is 2. The zero-order valence-corrected chi connectivity index (χ0v) is 16.6. The van der Waals surface area contributed by atoms with Crippen LogP contribution in [0.3, 0.4) is 0 Å². The second-order valence-electron chi connectivity index (χ2n) is 7.01. The quantitative estimate of drug-likeness (QED) is 0.810. The smallest absolute Gasteiger partial charge is 0.254 e. The highest BCUT2D eigenvalue weighted by atomic mass is 19.1. The minimum Gasteiger partial charge on any atom is -0.497 e. The molecule has 0 spiro atoms. The van der Waals surface area contributed by atoms with Gasteiger partial charge in [0.25, 0.3) is 5.91 Å². The molecule has 1 saturated heterocycles. The molecule has 1 N–H and O–H groups in total. The van der Waals surface area contributed by atoms with Gasteiger partial charge in [0, 0.05) is 37.2 Å². The molecule has 0 radical (unpaired) electrons. The van der Waals surface area contributed by atoms with Crippen LogP contribution in [0.5, 0.6) is 11.5 Å². The zero-order valence-electron chi connectivity index (χ0n) is 16.6. The third-order valence-electron chi connectivity index (χ3n) is 5.13. The van der Waals surface area contributed by atoms with Gasteiger partial charge in [-0.05, 0) is 42.7 Å². The molecular formula is C22H25FN2O4. The van der Waals surface area contributed by atoms with Gasteiger partial charge >= 0.3 is 0 Å². The summed E-state index contributed by atoms with van der Waals surface area (Å²) in [5.74, 6) is 0.535. The minimum absolute atomic E-state index is 0.0375. The van der Waals surface area contributed by atoms with Crippen LogP contribution in [0.2, 0.25) is 0 Å². The van der Waals surface area contributed by atoms with Crippen LogP contribution < -0.4 is 14.8 Å². The Hall–Kier alpha value is -3.09. The molecule has 29 heavy (non-hydrogen) atoms. The molecule has 2 amide bonds. The Kier molecular flexibility index (Phi) is 6.69. The molecule has 6 nitrogen and oxygen atoms in total. The average molecular weight is 400 g/mol. The van der Waals surface area contributed by atoms with Crippen LogP contribution >= 0.6 is 0 Å². The van der Waals surface area contributed by atoms with Crippen molar-refractivity contribution in [3.63, 3.8) is 0 Å². The molecule has 2 aromatic carbocycles. The number of likely N-dealkylation sites (tertiary alicyclic amines) is 1. The number of nitrogens with zero attached hydrogens (tertiary/aromatic N) is 1. The van der Waals surface area contributed by atoms with Crippen molar-refractivity contribution in [2.75, 3.05) is 27.3 Å². The minimum atomic E-state index is -0.300. The maximum atomic E-state index is 13.0. The van der Waals surface area contributed by atoms with E-state index in [1.165, 1.54) is 12.1 Å². The number of carbonyl (C=O) groups excluding carboxylic acids is 2. The van der Waals surface area contributed by atoms with E-state index in [2.05, 4.69) is 5.32 Å². The highest BCUT2D eigenvalue weighted by molar-refractivity contribution is 5.95. The Morgan fingerprint density at radius 1 is 1.03 bits per heavy atom. The second kappa shape index (κ2) is 9.41. The number of piperidine rings is 1. The molecule has 0 unspecified atom stereocenters. The lowest BCUT2D eigenvalue weighted by molar-refractivity contribution is -0.126. The number of methoxy groups -OCH3 is 2. The fourth-order valence-electron chi connectivity index (χ4n) is 3.39. The predicted molar refractivity (Wildman–Crippen MR) is 106 cm³/mol. The van der Waals surface area contributed by atoms with Gasteiger partial charge in [0.15, 0.2) is 0 Å². The van der Waals surface area contributed by atoms with Crippen LogP contribution in [0.15, 0.2) is 42.5 Å². The maximum absolute atomic E-state index is 13.0. The van der Waals surface area contributed by atoms with E-state index in [0.29, 0.717) is 49.5 Å². The van der Waals surface area contributed by atoms with Gasteiger partial charge in [-0.3, -0.25) is 9.59 Å². The summed E-state index contributed by atoms with van der Waals surface area (Å²) in [7, 11) is 3.08. The molecule has 1 aliphatic rings. The highest BCUT2D eigenvalue weighted by Crippen LogP contribution is 2.25. The van der Waals surface area contributed by atoms with Crippen molar-refractivity contribution in [1.29, 1.82) is 0 Å². The van der Waals surface area contributed by atoms with E-state index >= 15 is 0 Å². The monoisotopic (exact) mass is 400 g/mol. The van der Waals surface area contributed by atoms with Crippen molar-refractivity contribution < 1.29 is 23.5 Å². The summed E-state index contributed by atoms with van der Waals surface area (Å²) in [4.78, 5) is 27.0. The van der Waals surface area contributed by atoms with E-state index in [9.17, 15) is 14.0 Å². The van der Waals surface area contributed by atoms with Crippen LogP contribution in [0.4, 0.5) is 4.39 Å². The summed E-state index contributed by atoms with van der Waals surface area (Å²) < 4.78 is 23.4. The molecule has 0 aliphatic carbocycles. The molecule has 0 saturated carbocycles. The van der Waals surface area contributed by atoms with Gasteiger partial charge in [-0.2, -0.15) is 0 Å².